The van der Waals surface area contributed by atoms with Crippen molar-refractivity contribution in [2.75, 3.05) is 19.6 Å². The van der Waals surface area contributed by atoms with Crippen molar-refractivity contribution in [1.29, 1.82) is 0 Å². The van der Waals surface area contributed by atoms with Gasteiger partial charge in [-0.15, -0.1) is 24.8 Å². The molecule has 11 heteroatoms. The molecule has 2 amide bonds. The molecule has 3 atom stereocenters. The first kappa shape index (κ1) is 20.7. The van der Waals surface area contributed by atoms with Crippen LogP contribution in [0.15, 0.2) is 24.3 Å². The normalized spacial score (nSPS) is 26.9. The van der Waals surface area contributed by atoms with Crippen LogP contribution in [0, 0.1) is 0 Å². The van der Waals surface area contributed by atoms with Gasteiger partial charge < -0.3 is 9.64 Å². The fourth-order valence-corrected chi connectivity index (χ4v) is 3.78. The van der Waals surface area contributed by atoms with Crippen molar-refractivity contribution in [3.63, 3.8) is 0 Å². The number of hydrogen-bond acceptors (Lipinski definition) is 5. The molecular formula is C17H20ClF3N4O3. The Bertz CT molecular complexity index is 749. The Kier molecular flexibility index (Phi) is 6.01. The zero-order chi connectivity index (χ0) is 20.5. The van der Waals surface area contributed by atoms with Crippen LogP contribution in [0.3, 0.4) is 0 Å². The minimum Gasteiger partial charge on any atom is -0.405 e. The summed E-state index contributed by atoms with van der Waals surface area (Å²) in [6.07, 6.45) is -4.81. The molecule has 2 unspecified atom stereocenters. The van der Waals surface area contributed by atoms with E-state index in [1.165, 1.54) is 23.1 Å². The highest BCUT2D eigenvalue weighted by Crippen LogP contribution is 2.28. The quantitative estimate of drug-likeness (QED) is 0.717. The van der Waals surface area contributed by atoms with Gasteiger partial charge in [-0.3, -0.25) is 19.9 Å². The Morgan fingerprint density at radius 2 is 1.96 bits per heavy atom. The van der Waals surface area contributed by atoms with Gasteiger partial charge in [0.1, 0.15) is 11.1 Å². The fraction of sp³-hybridized carbons (Fsp3) is 0.529. The van der Waals surface area contributed by atoms with Gasteiger partial charge in [0.2, 0.25) is 5.91 Å². The predicted molar refractivity (Wildman–Crippen MR) is 94.3 cm³/mol. The van der Waals surface area contributed by atoms with Gasteiger partial charge in [-0.2, -0.15) is 0 Å². The summed E-state index contributed by atoms with van der Waals surface area (Å²) in [5.41, 5.74) is 5.47. The number of hydrogen-bond donors (Lipinski definition) is 2. The van der Waals surface area contributed by atoms with E-state index in [0.717, 1.165) is 0 Å². The van der Waals surface area contributed by atoms with Crippen molar-refractivity contribution in [1.82, 2.24) is 20.7 Å². The molecule has 2 saturated heterocycles. The van der Waals surface area contributed by atoms with Crippen molar-refractivity contribution >= 4 is 23.4 Å². The van der Waals surface area contributed by atoms with Gasteiger partial charge in [0, 0.05) is 31.7 Å². The first-order valence-electron chi connectivity index (χ1n) is 8.72. The molecule has 2 N–H and O–H groups in total. The predicted octanol–water partition coefficient (Wildman–Crippen LogP) is 1.23. The van der Waals surface area contributed by atoms with Crippen molar-refractivity contribution in [2.24, 2.45) is 0 Å². The zero-order valence-corrected chi connectivity index (χ0v) is 15.8. The average Bonchev–Trinajstić information content (AvgIpc) is 2.62. The van der Waals surface area contributed by atoms with Gasteiger partial charge in [-0.25, -0.2) is 5.43 Å². The number of nitrogens with zero attached hydrogens (tertiary/aromatic N) is 2. The van der Waals surface area contributed by atoms with E-state index in [2.05, 4.69) is 15.6 Å². The highest BCUT2D eigenvalue weighted by molar-refractivity contribution is 6.31. The Morgan fingerprint density at radius 3 is 2.68 bits per heavy atom. The topological polar surface area (TPSA) is 73.9 Å². The molecule has 0 saturated carbocycles. The molecule has 154 valence electrons. The van der Waals surface area contributed by atoms with Crippen molar-refractivity contribution < 1.29 is 27.5 Å². The lowest BCUT2D eigenvalue weighted by atomic mass is 10.0. The second-order valence-electron chi connectivity index (χ2n) is 6.67. The first-order valence-corrected chi connectivity index (χ1v) is 9.16. The molecule has 0 bridgehead atoms. The van der Waals surface area contributed by atoms with E-state index in [1.54, 1.807) is 13.0 Å². The molecular weight excluding hydrogens is 401 g/mol. The third kappa shape index (κ3) is 4.50. The van der Waals surface area contributed by atoms with E-state index >= 15 is 0 Å². The molecule has 2 fully saturated rings. The van der Waals surface area contributed by atoms with Crippen LogP contribution >= 0.6 is 11.6 Å². The number of piperazine rings is 1. The van der Waals surface area contributed by atoms with Crippen molar-refractivity contribution in [3.8, 4) is 5.75 Å². The Hall–Kier alpha value is -2.04. The summed E-state index contributed by atoms with van der Waals surface area (Å²) < 4.78 is 41.9. The standard InChI is InChI=1S/C17H20ClF3N4O3/c1-10-16(27)24(6-7-25(10)12-8-22-23-15(26)14(12)18)9-11-4-2-3-5-13(11)28-17(19,20)21/h2-5,10,12,14,22H,6-9H2,1H3,(H,23,26)/t10-,12?,14?/m1/s1. The lowest BCUT2D eigenvalue weighted by molar-refractivity contribution is -0.275. The number of rotatable bonds is 4. The molecule has 1 aromatic rings. The molecule has 0 aliphatic carbocycles. The van der Waals surface area contributed by atoms with Crippen LogP contribution in [0.1, 0.15) is 12.5 Å². The average molecular weight is 421 g/mol. The Balaban J connectivity index is 1.71. The summed E-state index contributed by atoms with van der Waals surface area (Å²) in [7, 11) is 0. The second kappa shape index (κ2) is 8.14. The van der Waals surface area contributed by atoms with Gasteiger partial charge in [-0.05, 0) is 13.0 Å². The van der Waals surface area contributed by atoms with Crippen LogP contribution in [0.5, 0.6) is 5.75 Å². The van der Waals surface area contributed by atoms with Crippen LogP contribution in [0.2, 0.25) is 0 Å². The molecule has 0 spiro atoms. The van der Waals surface area contributed by atoms with Gasteiger partial charge in [0.05, 0.1) is 12.1 Å². The monoisotopic (exact) mass is 420 g/mol. The molecule has 2 heterocycles. The fourth-order valence-electron chi connectivity index (χ4n) is 3.50. The van der Waals surface area contributed by atoms with Crippen molar-refractivity contribution in [3.05, 3.63) is 29.8 Å². The summed E-state index contributed by atoms with van der Waals surface area (Å²) in [5, 5.41) is -0.802. The zero-order valence-electron chi connectivity index (χ0n) is 15.0. The van der Waals surface area contributed by atoms with Crippen LogP contribution in [-0.4, -0.2) is 65.1 Å². The van der Waals surface area contributed by atoms with E-state index in [0.29, 0.717) is 19.6 Å². The first-order chi connectivity index (χ1) is 13.2. The number of carbonyl (C=O) groups excluding carboxylic acids is 2. The largest absolute Gasteiger partial charge is 0.573 e. The molecule has 28 heavy (non-hydrogen) atoms. The number of benzene rings is 1. The summed E-state index contributed by atoms with van der Waals surface area (Å²) in [6, 6.07) is 4.81. The summed E-state index contributed by atoms with van der Waals surface area (Å²) in [6.45, 7) is 2.82. The van der Waals surface area contributed by atoms with Crippen molar-refractivity contribution in [2.45, 2.75) is 37.3 Å². The van der Waals surface area contributed by atoms with Crippen LogP contribution in [-0.2, 0) is 16.1 Å². The molecule has 1 aromatic carbocycles. The van der Waals surface area contributed by atoms with E-state index < -0.39 is 17.8 Å². The molecule has 2 aliphatic rings. The molecule has 0 radical (unpaired) electrons. The Morgan fingerprint density at radius 1 is 1.25 bits per heavy atom. The molecule has 3 rings (SSSR count). The third-order valence-corrected chi connectivity index (χ3v) is 5.38. The molecule has 2 aliphatic heterocycles. The van der Waals surface area contributed by atoms with Crippen LogP contribution in [0.25, 0.3) is 0 Å². The van der Waals surface area contributed by atoms with E-state index in [1.807, 2.05) is 4.90 Å². The molecule has 7 nitrogen and oxygen atoms in total. The smallest absolute Gasteiger partial charge is 0.405 e. The highest BCUT2D eigenvalue weighted by atomic mass is 35.5. The number of alkyl halides is 4. The summed E-state index contributed by atoms with van der Waals surface area (Å²) >= 11 is 6.19. The summed E-state index contributed by atoms with van der Waals surface area (Å²) in [5.74, 6) is -0.937. The minimum atomic E-state index is -4.81. The van der Waals surface area contributed by atoms with Gasteiger partial charge in [0.15, 0.2) is 0 Å². The Labute approximate surface area is 164 Å². The number of hydrazine groups is 1. The second-order valence-corrected chi connectivity index (χ2v) is 7.14. The number of amides is 2. The number of para-hydroxylation sites is 1. The van der Waals surface area contributed by atoms with Gasteiger partial charge in [0.25, 0.3) is 5.91 Å². The van der Waals surface area contributed by atoms with E-state index in [-0.39, 0.29) is 35.7 Å². The maximum Gasteiger partial charge on any atom is 0.573 e. The lowest BCUT2D eigenvalue weighted by Crippen LogP contribution is -2.67. The maximum atomic E-state index is 12.8. The number of ether oxygens (including phenoxy) is 1. The lowest BCUT2D eigenvalue weighted by Gasteiger charge is -2.45. The van der Waals surface area contributed by atoms with Gasteiger partial charge in [-0.1, -0.05) is 18.2 Å². The summed E-state index contributed by atoms with van der Waals surface area (Å²) in [4.78, 5) is 27.9. The SMILES string of the molecule is C[C@@H]1C(=O)N(Cc2ccccc2OC(F)(F)F)CCN1C1CNNC(=O)C1Cl. The van der Waals surface area contributed by atoms with E-state index in [4.69, 9.17) is 11.6 Å². The highest BCUT2D eigenvalue weighted by Gasteiger charge is 2.42. The number of halogens is 4. The van der Waals surface area contributed by atoms with Crippen LogP contribution in [0.4, 0.5) is 13.2 Å². The number of carbonyl (C=O) groups is 2. The van der Waals surface area contributed by atoms with E-state index in [9.17, 15) is 22.8 Å². The minimum absolute atomic E-state index is 0.00300. The van der Waals surface area contributed by atoms with Crippen LogP contribution < -0.4 is 15.6 Å². The van der Waals surface area contributed by atoms with Gasteiger partial charge >= 0.3 is 6.36 Å². The maximum absolute atomic E-state index is 12.8. The third-order valence-electron chi connectivity index (χ3n) is 4.89. The number of nitrogens with one attached hydrogen (secondary N) is 2. The molecule has 0 aromatic heterocycles.